The van der Waals surface area contributed by atoms with E-state index in [1.54, 1.807) is 30.3 Å². The first-order chi connectivity index (χ1) is 11.1. The van der Waals surface area contributed by atoms with E-state index in [9.17, 15) is 9.59 Å². The van der Waals surface area contributed by atoms with Gasteiger partial charge in [-0.1, -0.05) is 0 Å². The Bertz CT molecular complexity index is 847. The van der Waals surface area contributed by atoms with Crippen LogP contribution >= 0.6 is 0 Å². The van der Waals surface area contributed by atoms with E-state index in [-0.39, 0.29) is 11.3 Å². The van der Waals surface area contributed by atoms with Crippen molar-refractivity contribution in [3.63, 3.8) is 0 Å². The van der Waals surface area contributed by atoms with E-state index < -0.39 is 11.9 Å². The predicted molar refractivity (Wildman–Crippen MR) is 79.6 cm³/mol. The molecular weight excluding hydrogens is 300 g/mol. The zero-order chi connectivity index (χ0) is 16.4. The molecule has 7 heteroatoms. The van der Waals surface area contributed by atoms with Gasteiger partial charge in [0, 0.05) is 6.07 Å². The molecule has 0 aliphatic rings. The summed E-state index contributed by atoms with van der Waals surface area (Å²) in [6, 6.07) is 11.0. The van der Waals surface area contributed by atoms with Gasteiger partial charge in [-0.3, -0.25) is 0 Å². The number of carbonyl (C=O) groups is 2. The maximum Gasteiger partial charge on any atom is 0.356 e. The molecule has 0 radical (unpaired) electrons. The van der Waals surface area contributed by atoms with Crippen LogP contribution < -0.4 is 0 Å². The summed E-state index contributed by atoms with van der Waals surface area (Å²) in [6.07, 6.45) is 1.51. The molecule has 0 bridgehead atoms. The van der Waals surface area contributed by atoms with Crippen molar-refractivity contribution in [2.45, 2.75) is 0 Å². The van der Waals surface area contributed by atoms with Crippen LogP contribution in [-0.4, -0.2) is 33.9 Å². The molecule has 0 amide bonds. The summed E-state index contributed by atoms with van der Waals surface area (Å²) in [6.45, 7) is 0. The van der Waals surface area contributed by atoms with Crippen molar-refractivity contribution in [3.8, 4) is 17.1 Å². The number of carbonyl (C=O) groups excluding carboxylic acids is 1. The third-order valence-corrected chi connectivity index (χ3v) is 3.24. The van der Waals surface area contributed by atoms with Crippen LogP contribution in [0.4, 0.5) is 0 Å². The lowest BCUT2D eigenvalue weighted by atomic mass is 10.2. The quantitative estimate of drug-likeness (QED) is 0.744. The maximum absolute atomic E-state index is 12.0. The van der Waals surface area contributed by atoms with E-state index in [1.165, 1.54) is 30.2 Å². The molecule has 23 heavy (non-hydrogen) atoms. The predicted octanol–water partition coefficient (Wildman–Crippen LogP) is 2.62. The highest BCUT2D eigenvalue weighted by Crippen LogP contribution is 2.23. The molecule has 2 aromatic heterocycles. The fourth-order valence-electron chi connectivity index (χ4n) is 2.12. The van der Waals surface area contributed by atoms with Crippen LogP contribution in [0.25, 0.3) is 17.1 Å². The Balaban J connectivity index is 2.09. The minimum atomic E-state index is -1.03. The summed E-state index contributed by atoms with van der Waals surface area (Å²) in [5.74, 6) is -1.07. The Kier molecular flexibility index (Phi) is 3.68. The van der Waals surface area contributed by atoms with Crippen molar-refractivity contribution in [3.05, 3.63) is 60.0 Å². The van der Waals surface area contributed by atoms with Crippen LogP contribution in [0.5, 0.6) is 0 Å². The molecule has 0 saturated carbocycles. The first-order valence-corrected chi connectivity index (χ1v) is 6.66. The summed E-state index contributed by atoms with van der Waals surface area (Å²) in [7, 11) is 1.28. The molecule has 0 saturated heterocycles. The van der Waals surface area contributed by atoms with Gasteiger partial charge in [0.05, 0.1) is 24.6 Å². The van der Waals surface area contributed by atoms with Crippen molar-refractivity contribution in [1.82, 2.24) is 9.78 Å². The van der Waals surface area contributed by atoms with Gasteiger partial charge in [0.25, 0.3) is 0 Å². The Morgan fingerprint density at radius 1 is 1.22 bits per heavy atom. The molecule has 3 aromatic rings. The van der Waals surface area contributed by atoms with Crippen LogP contribution in [-0.2, 0) is 4.74 Å². The lowest BCUT2D eigenvalue weighted by molar-refractivity contribution is 0.0589. The standard InChI is InChI=1S/C16H12N2O5/c1-22-16(21)13-9-12(14-3-2-8-23-14)17-18(13)11-6-4-10(5-7-11)15(19)20/h2-9H,1H3,(H,19,20). The summed E-state index contributed by atoms with van der Waals surface area (Å²) in [5.41, 5.74) is 1.36. The van der Waals surface area contributed by atoms with Crippen LogP contribution in [0.2, 0.25) is 0 Å². The number of rotatable bonds is 4. The molecule has 0 atom stereocenters. The molecule has 0 aliphatic heterocycles. The van der Waals surface area contributed by atoms with E-state index in [2.05, 4.69) is 5.10 Å². The van der Waals surface area contributed by atoms with E-state index in [1.807, 2.05) is 0 Å². The number of esters is 1. The van der Waals surface area contributed by atoms with Gasteiger partial charge in [-0.25, -0.2) is 14.3 Å². The zero-order valence-electron chi connectivity index (χ0n) is 12.1. The van der Waals surface area contributed by atoms with E-state index >= 15 is 0 Å². The van der Waals surface area contributed by atoms with Crippen molar-refractivity contribution < 1.29 is 23.8 Å². The lowest BCUT2D eigenvalue weighted by Crippen LogP contribution is -2.10. The summed E-state index contributed by atoms with van der Waals surface area (Å²) in [4.78, 5) is 22.9. The van der Waals surface area contributed by atoms with Crippen molar-refractivity contribution in [1.29, 1.82) is 0 Å². The topological polar surface area (TPSA) is 94.6 Å². The zero-order valence-corrected chi connectivity index (χ0v) is 12.1. The number of furan rings is 1. The van der Waals surface area contributed by atoms with E-state index in [0.717, 1.165) is 0 Å². The first kappa shape index (κ1) is 14.6. The van der Waals surface area contributed by atoms with Gasteiger partial charge in [-0.15, -0.1) is 0 Å². The summed E-state index contributed by atoms with van der Waals surface area (Å²) >= 11 is 0. The smallest absolute Gasteiger partial charge is 0.356 e. The summed E-state index contributed by atoms with van der Waals surface area (Å²) in [5, 5.41) is 13.3. The summed E-state index contributed by atoms with van der Waals surface area (Å²) < 4.78 is 11.4. The lowest BCUT2D eigenvalue weighted by Gasteiger charge is -2.06. The molecule has 0 spiro atoms. The van der Waals surface area contributed by atoms with Gasteiger partial charge in [0.1, 0.15) is 5.69 Å². The van der Waals surface area contributed by atoms with Crippen molar-refractivity contribution in [2.75, 3.05) is 7.11 Å². The number of carboxylic acids is 1. The number of aromatic nitrogens is 2. The molecule has 0 fully saturated rings. The van der Waals surface area contributed by atoms with Crippen LogP contribution in [0.1, 0.15) is 20.8 Å². The molecule has 1 aromatic carbocycles. The molecule has 0 aliphatic carbocycles. The molecule has 3 rings (SSSR count). The van der Waals surface area contributed by atoms with Gasteiger partial charge in [0.2, 0.25) is 0 Å². The van der Waals surface area contributed by atoms with Crippen LogP contribution in [0.15, 0.2) is 53.1 Å². The number of hydrogen-bond acceptors (Lipinski definition) is 5. The second kappa shape index (κ2) is 5.80. The average Bonchev–Trinajstić information content (AvgIpc) is 3.23. The molecule has 7 nitrogen and oxygen atoms in total. The molecule has 2 heterocycles. The highest BCUT2D eigenvalue weighted by molar-refractivity contribution is 5.90. The van der Waals surface area contributed by atoms with Crippen molar-refractivity contribution in [2.24, 2.45) is 0 Å². The number of carboxylic acid groups (broad SMARTS) is 1. The highest BCUT2D eigenvalue weighted by atomic mass is 16.5. The van der Waals surface area contributed by atoms with Gasteiger partial charge < -0.3 is 14.3 Å². The number of benzene rings is 1. The number of hydrogen-bond donors (Lipinski definition) is 1. The van der Waals surface area contributed by atoms with Gasteiger partial charge in [-0.05, 0) is 36.4 Å². The fraction of sp³-hybridized carbons (Fsp3) is 0.0625. The fourth-order valence-corrected chi connectivity index (χ4v) is 2.12. The Morgan fingerprint density at radius 2 is 1.96 bits per heavy atom. The first-order valence-electron chi connectivity index (χ1n) is 6.66. The average molecular weight is 312 g/mol. The van der Waals surface area contributed by atoms with Crippen LogP contribution in [0, 0.1) is 0 Å². The monoisotopic (exact) mass is 312 g/mol. The largest absolute Gasteiger partial charge is 0.478 e. The molecule has 0 unspecified atom stereocenters. The molecule has 1 N–H and O–H groups in total. The number of nitrogens with zero attached hydrogens (tertiary/aromatic N) is 2. The Hall–Kier alpha value is -3.35. The molecule has 116 valence electrons. The third kappa shape index (κ3) is 2.71. The Labute approximate surface area is 130 Å². The number of methoxy groups -OCH3 is 1. The van der Waals surface area contributed by atoms with E-state index in [4.69, 9.17) is 14.3 Å². The number of ether oxygens (including phenoxy) is 1. The van der Waals surface area contributed by atoms with Gasteiger partial charge >= 0.3 is 11.9 Å². The van der Waals surface area contributed by atoms with Crippen LogP contribution in [0.3, 0.4) is 0 Å². The second-order valence-corrected chi connectivity index (χ2v) is 4.65. The SMILES string of the molecule is COC(=O)c1cc(-c2ccco2)nn1-c1ccc(C(=O)O)cc1. The van der Waals surface area contributed by atoms with Gasteiger partial charge in [-0.2, -0.15) is 5.10 Å². The minimum absolute atomic E-state index is 0.145. The third-order valence-electron chi connectivity index (χ3n) is 3.24. The second-order valence-electron chi connectivity index (χ2n) is 4.65. The minimum Gasteiger partial charge on any atom is -0.478 e. The number of aromatic carboxylic acids is 1. The molecular formula is C16H12N2O5. The van der Waals surface area contributed by atoms with Crippen molar-refractivity contribution >= 4 is 11.9 Å². The highest BCUT2D eigenvalue weighted by Gasteiger charge is 2.19. The van der Waals surface area contributed by atoms with Gasteiger partial charge in [0.15, 0.2) is 11.5 Å². The maximum atomic E-state index is 12.0. The Morgan fingerprint density at radius 3 is 2.52 bits per heavy atom. The van der Waals surface area contributed by atoms with E-state index in [0.29, 0.717) is 17.1 Å². The normalized spacial score (nSPS) is 10.5.